The van der Waals surface area contributed by atoms with Gasteiger partial charge in [0, 0.05) is 5.41 Å². The van der Waals surface area contributed by atoms with E-state index < -0.39 is 4.75 Å². The molecule has 2 aromatic rings. The first-order valence-corrected chi connectivity index (χ1v) is 10.7. The van der Waals surface area contributed by atoms with E-state index >= 15 is 0 Å². The second-order valence-corrected chi connectivity index (χ2v) is 9.40. The summed E-state index contributed by atoms with van der Waals surface area (Å²) in [5, 5.41) is 0. The van der Waals surface area contributed by atoms with Crippen LogP contribution in [0.1, 0.15) is 51.3 Å². The molecule has 3 nitrogen and oxygen atoms in total. The molecule has 0 amide bonds. The Bertz CT molecular complexity index is 980. The monoisotopic (exact) mass is 422 g/mol. The van der Waals surface area contributed by atoms with E-state index in [1.807, 2.05) is 12.1 Å². The zero-order valence-electron chi connectivity index (χ0n) is 18.4. The molecule has 2 aromatic carbocycles. The third-order valence-corrected chi connectivity index (χ3v) is 5.94. The van der Waals surface area contributed by atoms with Gasteiger partial charge in [-0.25, -0.2) is 0 Å². The molecule has 0 heterocycles. The van der Waals surface area contributed by atoms with Gasteiger partial charge in [-0.2, -0.15) is 12.6 Å². The summed E-state index contributed by atoms with van der Waals surface area (Å²) in [7, 11) is 0. The molecule has 0 saturated heterocycles. The van der Waals surface area contributed by atoms with Gasteiger partial charge in [-0.3, -0.25) is 4.79 Å². The van der Waals surface area contributed by atoms with Gasteiger partial charge in [0.15, 0.2) is 0 Å². The van der Waals surface area contributed by atoms with Gasteiger partial charge in [0.25, 0.3) is 0 Å². The Balaban J connectivity index is 1.75. The lowest BCUT2D eigenvalue weighted by Crippen LogP contribution is -2.28. The van der Waals surface area contributed by atoms with Crippen molar-refractivity contribution in [2.75, 3.05) is 13.2 Å². The highest BCUT2D eigenvalue weighted by Crippen LogP contribution is 2.50. The minimum Gasteiger partial charge on any atom is -0.490 e. The molecule has 0 saturated carbocycles. The summed E-state index contributed by atoms with van der Waals surface area (Å²) in [6, 6.07) is 16.8. The highest BCUT2D eigenvalue weighted by Gasteiger charge is 2.39. The second kappa shape index (κ2) is 8.73. The van der Waals surface area contributed by atoms with Crippen molar-refractivity contribution in [2.45, 2.75) is 44.8 Å². The maximum atomic E-state index is 11.7. The quantitative estimate of drug-likeness (QED) is 0.338. The van der Waals surface area contributed by atoms with Crippen LogP contribution in [-0.4, -0.2) is 23.9 Å². The van der Waals surface area contributed by atoms with Crippen LogP contribution in [-0.2, 0) is 14.9 Å². The largest absolute Gasteiger partial charge is 0.490 e. The number of fused-ring (bicyclic) bond motifs is 1. The van der Waals surface area contributed by atoms with Crippen LogP contribution < -0.4 is 4.74 Å². The fourth-order valence-electron chi connectivity index (χ4n) is 3.94. The maximum absolute atomic E-state index is 11.7. The normalized spacial score (nSPS) is 18.6. The minimum absolute atomic E-state index is 0.183. The zero-order chi connectivity index (χ0) is 21.9. The van der Waals surface area contributed by atoms with Crippen LogP contribution in [0.3, 0.4) is 0 Å². The SMILES string of the molecule is C/C=C\C1=C(C)C(C)(c2ccc(OCCOC(=O)C(C)(C)S)cc2)c2ccccc21. The molecule has 0 fully saturated rings. The molecule has 4 heteroatoms. The molecule has 30 heavy (non-hydrogen) atoms. The fraction of sp³-hybridized carbons (Fsp3) is 0.346. The lowest BCUT2D eigenvalue weighted by Gasteiger charge is -2.29. The van der Waals surface area contributed by atoms with E-state index in [2.05, 4.69) is 82.0 Å². The molecule has 3 rings (SSSR count). The molecule has 158 valence electrons. The van der Waals surface area contributed by atoms with E-state index in [0.29, 0.717) is 6.61 Å². The third kappa shape index (κ3) is 4.20. The van der Waals surface area contributed by atoms with E-state index in [0.717, 1.165) is 5.75 Å². The first kappa shape index (κ1) is 22.2. The van der Waals surface area contributed by atoms with Crippen LogP contribution in [0.25, 0.3) is 5.57 Å². The number of hydrogen-bond donors (Lipinski definition) is 1. The lowest BCUT2D eigenvalue weighted by atomic mass is 9.74. The fourth-order valence-corrected chi connectivity index (χ4v) is 4.00. The second-order valence-electron chi connectivity index (χ2n) is 8.28. The number of carbonyl (C=O) groups is 1. The van der Waals surface area contributed by atoms with Crippen molar-refractivity contribution in [3.8, 4) is 5.75 Å². The average molecular weight is 423 g/mol. The Hall–Kier alpha value is -2.46. The van der Waals surface area contributed by atoms with Crippen LogP contribution in [0.2, 0.25) is 0 Å². The summed E-state index contributed by atoms with van der Waals surface area (Å²) < 4.78 is 10.1. The molecule has 0 spiro atoms. The number of rotatable bonds is 7. The Morgan fingerprint density at radius 3 is 2.40 bits per heavy atom. The predicted molar refractivity (Wildman–Crippen MR) is 126 cm³/mol. The van der Waals surface area contributed by atoms with Crippen molar-refractivity contribution >= 4 is 24.2 Å². The lowest BCUT2D eigenvalue weighted by molar-refractivity contribution is -0.146. The third-order valence-electron chi connectivity index (χ3n) is 5.76. The van der Waals surface area contributed by atoms with Gasteiger partial charge in [-0.05, 0) is 69.0 Å². The van der Waals surface area contributed by atoms with Crippen molar-refractivity contribution in [1.29, 1.82) is 0 Å². The minimum atomic E-state index is -0.800. The highest BCUT2D eigenvalue weighted by molar-refractivity contribution is 7.82. The molecule has 0 radical (unpaired) electrons. The molecule has 1 aliphatic rings. The van der Waals surface area contributed by atoms with E-state index in [9.17, 15) is 4.79 Å². The summed E-state index contributed by atoms with van der Waals surface area (Å²) in [6.07, 6.45) is 4.30. The van der Waals surface area contributed by atoms with E-state index in [-0.39, 0.29) is 18.0 Å². The van der Waals surface area contributed by atoms with Crippen molar-refractivity contribution in [3.63, 3.8) is 0 Å². The van der Waals surface area contributed by atoms with Gasteiger partial charge in [0.1, 0.15) is 23.7 Å². The Labute approximate surface area is 185 Å². The summed E-state index contributed by atoms with van der Waals surface area (Å²) in [5.41, 5.74) is 6.30. The summed E-state index contributed by atoms with van der Waals surface area (Å²) in [5.74, 6) is 0.405. The molecule has 1 aliphatic carbocycles. The Morgan fingerprint density at radius 1 is 1.10 bits per heavy atom. The van der Waals surface area contributed by atoms with Crippen molar-refractivity contribution in [1.82, 2.24) is 0 Å². The summed E-state index contributed by atoms with van der Waals surface area (Å²) >= 11 is 4.21. The van der Waals surface area contributed by atoms with Crippen molar-refractivity contribution in [3.05, 3.63) is 82.9 Å². The number of allylic oxidation sites excluding steroid dienone is 4. The van der Waals surface area contributed by atoms with Gasteiger partial charge in [-0.1, -0.05) is 54.1 Å². The highest BCUT2D eigenvalue weighted by atomic mass is 32.1. The van der Waals surface area contributed by atoms with E-state index in [1.165, 1.54) is 27.8 Å². The number of thiol groups is 1. The Morgan fingerprint density at radius 2 is 1.77 bits per heavy atom. The van der Waals surface area contributed by atoms with E-state index in [4.69, 9.17) is 9.47 Å². The molecule has 0 aromatic heterocycles. The van der Waals surface area contributed by atoms with Crippen molar-refractivity contribution in [2.24, 2.45) is 0 Å². The van der Waals surface area contributed by atoms with Crippen LogP contribution in [0.15, 0.2) is 66.3 Å². The number of ether oxygens (including phenoxy) is 2. The van der Waals surface area contributed by atoms with E-state index in [1.54, 1.807) is 13.8 Å². The summed E-state index contributed by atoms with van der Waals surface area (Å²) in [4.78, 5) is 11.7. The molecule has 0 aliphatic heterocycles. The molecular weight excluding hydrogens is 392 g/mol. The van der Waals surface area contributed by atoms with Crippen LogP contribution in [0.5, 0.6) is 5.75 Å². The first-order valence-electron chi connectivity index (χ1n) is 10.3. The average Bonchev–Trinajstić information content (AvgIpc) is 2.94. The van der Waals surface area contributed by atoms with Gasteiger partial charge >= 0.3 is 5.97 Å². The standard InChI is InChI=1S/C26H30O3S/c1-6-9-21-18(2)26(5,23-11-8-7-10-22(21)23)19-12-14-20(15-13-19)28-16-17-29-24(27)25(3,4)30/h6-15,30H,16-17H2,1-5H3/b9-6-. The first-order chi connectivity index (χ1) is 14.2. The smallest absolute Gasteiger partial charge is 0.321 e. The molecular formula is C26H30O3S. The molecule has 0 N–H and O–H groups in total. The van der Waals surface area contributed by atoms with Gasteiger partial charge in [0.05, 0.1) is 0 Å². The van der Waals surface area contributed by atoms with Gasteiger partial charge in [0.2, 0.25) is 0 Å². The van der Waals surface area contributed by atoms with Crippen LogP contribution in [0, 0.1) is 0 Å². The summed E-state index contributed by atoms with van der Waals surface area (Å²) in [6.45, 7) is 10.5. The Kier molecular flexibility index (Phi) is 6.47. The topological polar surface area (TPSA) is 35.5 Å². The van der Waals surface area contributed by atoms with Crippen molar-refractivity contribution < 1.29 is 14.3 Å². The van der Waals surface area contributed by atoms with Gasteiger partial charge < -0.3 is 9.47 Å². The molecule has 1 atom stereocenters. The number of benzene rings is 2. The number of carbonyl (C=O) groups excluding carboxylic acids is 1. The van der Waals surface area contributed by atoms with Crippen LogP contribution in [0.4, 0.5) is 0 Å². The van der Waals surface area contributed by atoms with Gasteiger partial charge in [-0.15, -0.1) is 0 Å². The maximum Gasteiger partial charge on any atom is 0.321 e. The number of esters is 1. The van der Waals surface area contributed by atoms with Crippen LogP contribution >= 0.6 is 12.6 Å². The molecule has 1 unspecified atom stereocenters. The molecule has 0 bridgehead atoms. The predicted octanol–water partition coefficient (Wildman–Crippen LogP) is 5.99. The number of hydrogen-bond acceptors (Lipinski definition) is 4. The zero-order valence-corrected chi connectivity index (χ0v) is 19.3.